The van der Waals surface area contributed by atoms with Crippen LogP contribution in [0.5, 0.6) is 5.75 Å². The number of cyclic esters (lactones) is 1. The SMILES string of the molecule is Cc1ccc(O)c2c1CCOC2=O. The number of carbonyl (C=O) groups is 1. The third kappa shape index (κ3) is 1.16. The van der Waals surface area contributed by atoms with E-state index in [0.29, 0.717) is 18.6 Å². The first kappa shape index (κ1) is 8.10. The summed E-state index contributed by atoms with van der Waals surface area (Å²) in [7, 11) is 0. The topological polar surface area (TPSA) is 46.5 Å². The fraction of sp³-hybridized carbons (Fsp3) is 0.300. The van der Waals surface area contributed by atoms with Crippen LogP contribution in [-0.4, -0.2) is 17.7 Å². The van der Waals surface area contributed by atoms with Crippen molar-refractivity contribution in [1.82, 2.24) is 0 Å². The Hall–Kier alpha value is -1.51. The van der Waals surface area contributed by atoms with Crippen LogP contribution >= 0.6 is 0 Å². The molecule has 0 saturated carbocycles. The summed E-state index contributed by atoms with van der Waals surface area (Å²) in [4.78, 5) is 11.3. The molecule has 2 rings (SSSR count). The van der Waals surface area contributed by atoms with Crippen molar-refractivity contribution >= 4 is 5.97 Å². The highest BCUT2D eigenvalue weighted by Gasteiger charge is 2.23. The Bertz CT molecular complexity index is 369. The van der Waals surface area contributed by atoms with Gasteiger partial charge in [-0.1, -0.05) is 6.07 Å². The molecule has 68 valence electrons. The molecule has 1 aliphatic rings. The van der Waals surface area contributed by atoms with Gasteiger partial charge in [0.1, 0.15) is 11.3 Å². The van der Waals surface area contributed by atoms with Gasteiger partial charge < -0.3 is 9.84 Å². The molecule has 0 spiro atoms. The standard InChI is InChI=1S/C10H10O3/c1-6-2-3-8(11)9-7(6)4-5-13-10(9)12/h2-3,11H,4-5H2,1H3. The molecule has 1 aromatic rings. The molecule has 0 fully saturated rings. The number of esters is 1. The van der Waals surface area contributed by atoms with Crippen molar-refractivity contribution in [1.29, 1.82) is 0 Å². The molecular formula is C10H10O3. The summed E-state index contributed by atoms with van der Waals surface area (Å²) in [6.07, 6.45) is 0.696. The van der Waals surface area contributed by atoms with Crippen LogP contribution in [0, 0.1) is 6.92 Å². The summed E-state index contributed by atoms with van der Waals surface area (Å²) in [6.45, 7) is 2.34. The summed E-state index contributed by atoms with van der Waals surface area (Å²) in [5, 5.41) is 9.45. The minimum atomic E-state index is -0.414. The first-order valence-electron chi connectivity index (χ1n) is 4.18. The number of hydrogen-bond acceptors (Lipinski definition) is 3. The Kier molecular flexibility index (Phi) is 1.72. The average molecular weight is 178 g/mol. The van der Waals surface area contributed by atoms with Crippen molar-refractivity contribution in [3.05, 3.63) is 28.8 Å². The summed E-state index contributed by atoms with van der Waals surface area (Å²) in [5.74, 6) is -0.396. The molecule has 0 aliphatic carbocycles. The van der Waals surface area contributed by atoms with Gasteiger partial charge in [0.05, 0.1) is 6.61 Å². The second-order valence-corrected chi connectivity index (χ2v) is 3.14. The molecular weight excluding hydrogens is 168 g/mol. The number of aryl methyl sites for hydroxylation is 1. The number of hydrogen-bond donors (Lipinski definition) is 1. The molecule has 1 heterocycles. The van der Waals surface area contributed by atoms with Crippen molar-refractivity contribution in [2.75, 3.05) is 6.61 Å². The quantitative estimate of drug-likeness (QED) is 0.611. The lowest BCUT2D eigenvalue weighted by atomic mass is 9.97. The molecule has 0 unspecified atom stereocenters. The number of rotatable bonds is 0. The minimum Gasteiger partial charge on any atom is -0.507 e. The van der Waals surface area contributed by atoms with Gasteiger partial charge in [-0.3, -0.25) is 0 Å². The van der Waals surface area contributed by atoms with Gasteiger partial charge in [-0.05, 0) is 24.1 Å². The van der Waals surface area contributed by atoms with Crippen molar-refractivity contribution in [3.8, 4) is 5.75 Å². The summed E-state index contributed by atoms with van der Waals surface area (Å²) in [6, 6.07) is 3.34. The van der Waals surface area contributed by atoms with E-state index in [-0.39, 0.29) is 5.75 Å². The molecule has 1 aromatic carbocycles. The monoisotopic (exact) mass is 178 g/mol. The molecule has 0 saturated heterocycles. The van der Waals surface area contributed by atoms with Gasteiger partial charge in [0, 0.05) is 6.42 Å². The molecule has 0 atom stereocenters. The Labute approximate surface area is 76.0 Å². The van der Waals surface area contributed by atoms with E-state index in [1.165, 1.54) is 6.07 Å². The van der Waals surface area contributed by atoms with E-state index in [4.69, 9.17) is 4.74 Å². The van der Waals surface area contributed by atoms with Gasteiger partial charge >= 0.3 is 5.97 Å². The number of fused-ring (bicyclic) bond motifs is 1. The molecule has 0 bridgehead atoms. The van der Waals surface area contributed by atoms with Crippen molar-refractivity contribution in [3.63, 3.8) is 0 Å². The lowest BCUT2D eigenvalue weighted by Crippen LogP contribution is -2.18. The number of phenols is 1. The van der Waals surface area contributed by atoms with Crippen LogP contribution in [0.4, 0.5) is 0 Å². The molecule has 1 aliphatic heterocycles. The first-order valence-corrected chi connectivity index (χ1v) is 4.18. The molecule has 13 heavy (non-hydrogen) atoms. The van der Waals surface area contributed by atoms with Gasteiger partial charge in [-0.25, -0.2) is 4.79 Å². The fourth-order valence-corrected chi connectivity index (χ4v) is 1.61. The van der Waals surface area contributed by atoms with Crippen molar-refractivity contribution < 1.29 is 14.6 Å². The molecule has 0 aromatic heterocycles. The zero-order valence-electron chi connectivity index (χ0n) is 7.33. The largest absolute Gasteiger partial charge is 0.507 e. The summed E-state index contributed by atoms with van der Waals surface area (Å²) >= 11 is 0. The highest BCUT2D eigenvalue weighted by atomic mass is 16.5. The zero-order valence-corrected chi connectivity index (χ0v) is 7.33. The van der Waals surface area contributed by atoms with Crippen LogP contribution in [0.15, 0.2) is 12.1 Å². The second kappa shape index (κ2) is 2.76. The highest BCUT2D eigenvalue weighted by Crippen LogP contribution is 2.28. The van der Waals surface area contributed by atoms with Gasteiger partial charge in [-0.2, -0.15) is 0 Å². The number of phenolic OH excluding ortho intramolecular Hbond substituents is 1. The Morgan fingerprint density at radius 3 is 2.92 bits per heavy atom. The zero-order chi connectivity index (χ0) is 9.42. The molecule has 3 heteroatoms. The summed E-state index contributed by atoms with van der Waals surface area (Å²) < 4.78 is 4.84. The average Bonchev–Trinajstić information content (AvgIpc) is 2.12. The van der Waals surface area contributed by atoms with E-state index < -0.39 is 5.97 Å². The summed E-state index contributed by atoms with van der Waals surface area (Å²) in [5.41, 5.74) is 2.28. The maximum Gasteiger partial charge on any atom is 0.342 e. The van der Waals surface area contributed by atoms with Crippen LogP contribution in [-0.2, 0) is 11.2 Å². The van der Waals surface area contributed by atoms with Gasteiger partial charge in [0.2, 0.25) is 0 Å². The van der Waals surface area contributed by atoms with Crippen LogP contribution < -0.4 is 0 Å². The first-order chi connectivity index (χ1) is 6.20. The van der Waals surface area contributed by atoms with Crippen molar-refractivity contribution in [2.24, 2.45) is 0 Å². The van der Waals surface area contributed by atoms with Gasteiger partial charge in [-0.15, -0.1) is 0 Å². The van der Waals surface area contributed by atoms with Crippen LogP contribution in [0.25, 0.3) is 0 Å². The number of ether oxygens (including phenoxy) is 1. The van der Waals surface area contributed by atoms with E-state index in [1.54, 1.807) is 0 Å². The van der Waals surface area contributed by atoms with Crippen LogP contribution in [0.2, 0.25) is 0 Å². The Morgan fingerprint density at radius 2 is 2.23 bits per heavy atom. The van der Waals surface area contributed by atoms with E-state index >= 15 is 0 Å². The fourth-order valence-electron chi connectivity index (χ4n) is 1.61. The lowest BCUT2D eigenvalue weighted by Gasteiger charge is -2.18. The van der Waals surface area contributed by atoms with Gasteiger partial charge in [0.15, 0.2) is 0 Å². The Balaban J connectivity index is 2.67. The van der Waals surface area contributed by atoms with E-state index in [2.05, 4.69) is 0 Å². The molecule has 0 amide bonds. The third-order valence-corrected chi connectivity index (χ3v) is 2.31. The normalized spacial score (nSPS) is 15.0. The number of carbonyl (C=O) groups excluding carboxylic acids is 1. The van der Waals surface area contributed by atoms with Crippen molar-refractivity contribution in [2.45, 2.75) is 13.3 Å². The molecule has 1 N–H and O–H groups in total. The smallest absolute Gasteiger partial charge is 0.342 e. The maximum absolute atomic E-state index is 11.3. The second-order valence-electron chi connectivity index (χ2n) is 3.14. The molecule has 3 nitrogen and oxygen atoms in total. The molecule has 0 radical (unpaired) electrons. The third-order valence-electron chi connectivity index (χ3n) is 2.31. The van der Waals surface area contributed by atoms with E-state index in [9.17, 15) is 9.90 Å². The predicted molar refractivity (Wildman–Crippen MR) is 46.8 cm³/mol. The van der Waals surface area contributed by atoms with Crippen LogP contribution in [0.3, 0.4) is 0 Å². The van der Waals surface area contributed by atoms with E-state index in [0.717, 1.165) is 11.1 Å². The predicted octanol–water partition coefficient (Wildman–Crippen LogP) is 1.41. The minimum absolute atomic E-state index is 0.0188. The lowest BCUT2D eigenvalue weighted by molar-refractivity contribution is 0.0475. The highest BCUT2D eigenvalue weighted by molar-refractivity contribution is 5.95. The maximum atomic E-state index is 11.3. The van der Waals surface area contributed by atoms with E-state index in [1.807, 2.05) is 13.0 Å². The van der Waals surface area contributed by atoms with Gasteiger partial charge in [0.25, 0.3) is 0 Å². The number of aromatic hydroxyl groups is 1. The number of benzene rings is 1. The Morgan fingerprint density at radius 1 is 1.46 bits per heavy atom. The van der Waals surface area contributed by atoms with Crippen LogP contribution in [0.1, 0.15) is 21.5 Å².